The average molecular weight is 183 g/mol. The fourth-order valence-corrected chi connectivity index (χ4v) is 1.60. The fraction of sp³-hybridized carbons (Fsp3) is 0.778. The lowest BCUT2D eigenvalue weighted by Gasteiger charge is -2.35. The molecule has 4 nitrogen and oxygen atoms in total. The molecule has 0 aliphatic carbocycles. The molecule has 0 radical (unpaired) electrons. The molecule has 74 valence electrons. The van der Waals surface area contributed by atoms with E-state index >= 15 is 0 Å². The third-order valence-corrected chi connectivity index (χ3v) is 2.86. The summed E-state index contributed by atoms with van der Waals surface area (Å²) < 4.78 is 0. The maximum Gasteiger partial charge on any atom is 0.108 e. The Balaban J connectivity index is 3.09. The zero-order chi connectivity index (χ0) is 10.3. The first-order valence-electron chi connectivity index (χ1n) is 4.34. The highest BCUT2D eigenvalue weighted by Gasteiger charge is 2.44. The van der Waals surface area contributed by atoms with Gasteiger partial charge in [0.2, 0.25) is 0 Å². The van der Waals surface area contributed by atoms with Gasteiger partial charge >= 0.3 is 0 Å². The summed E-state index contributed by atoms with van der Waals surface area (Å²) in [4.78, 5) is 6.63. The number of nitrogens with zero attached hydrogens (tertiary/aromatic N) is 3. The lowest BCUT2D eigenvalue weighted by Crippen LogP contribution is -2.49. The molecule has 0 unspecified atom stereocenters. The summed E-state index contributed by atoms with van der Waals surface area (Å²) in [5.74, 6) is 0. The van der Waals surface area contributed by atoms with E-state index in [1.54, 1.807) is 0 Å². The van der Waals surface area contributed by atoms with E-state index in [0.29, 0.717) is 0 Å². The summed E-state index contributed by atoms with van der Waals surface area (Å²) in [6, 6.07) is 0. The standard InChI is InChI=1S/C9H17N3O/c1-8(2)7(6-10-13)11-9(3,4)12(8)5/h6,13H,1-5H3/b10-6+. The van der Waals surface area contributed by atoms with Gasteiger partial charge in [-0.1, -0.05) is 5.16 Å². The van der Waals surface area contributed by atoms with Crippen LogP contribution in [-0.4, -0.2) is 40.3 Å². The molecule has 0 aromatic heterocycles. The molecule has 1 N–H and O–H groups in total. The lowest BCUT2D eigenvalue weighted by molar-refractivity contribution is 0.121. The van der Waals surface area contributed by atoms with Crippen molar-refractivity contribution in [3.8, 4) is 0 Å². The van der Waals surface area contributed by atoms with Gasteiger partial charge in [-0.3, -0.25) is 9.89 Å². The summed E-state index contributed by atoms with van der Waals surface area (Å²) in [5.41, 5.74) is 0.415. The highest BCUT2D eigenvalue weighted by Crippen LogP contribution is 2.32. The maximum atomic E-state index is 8.49. The van der Waals surface area contributed by atoms with Gasteiger partial charge in [0.05, 0.1) is 17.5 Å². The van der Waals surface area contributed by atoms with Gasteiger partial charge in [-0.05, 0) is 34.7 Å². The van der Waals surface area contributed by atoms with Crippen molar-refractivity contribution in [3.05, 3.63) is 0 Å². The van der Waals surface area contributed by atoms with E-state index in [1.165, 1.54) is 6.21 Å². The van der Waals surface area contributed by atoms with Gasteiger partial charge < -0.3 is 5.21 Å². The molecule has 0 amide bonds. The van der Waals surface area contributed by atoms with Gasteiger partial charge in [0.15, 0.2) is 0 Å². The van der Waals surface area contributed by atoms with E-state index in [0.717, 1.165) is 5.71 Å². The van der Waals surface area contributed by atoms with Gasteiger partial charge in [-0.2, -0.15) is 0 Å². The van der Waals surface area contributed by atoms with Crippen LogP contribution in [0.25, 0.3) is 0 Å². The van der Waals surface area contributed by atoms with Gasteiger partial charge in [-0.25, -0.2) is 0 Å². The van der Waals surface area contributed by atoms with Gasteiger partial charge in [-0.15, -0.1) is 0 Å². The monoisotopic (exact) mass is 183 g/mol. The molecule has 1 aliphatic heterocycles. The Morgan fingerprint density at radius 2 is 1.92 bits per heavy atom. The van der Waals surface area contributed by atoms with Crippen molar-refractivity contribution < 1.29 is 5.21 Å². The Hall–Kier alpha value is -0.900. The molecule has 0 saturated carbocycles. The minimum absolute atomic E-state index is 0.171. The summed E-state index contributed by atoms with van der Waals surface area (Å²) >= 11 is 0. The summed E-state index contributed by atoms with van der Waals surface area (Å²) in [7, 11) is 2.02. The lowest BCUT2D eigenvalue weighted by atomic mass is 9.98. The van der Waals surface area contributed by atoms with E-state index in [4.69, 9.17) is 5.21 Å². The van der Waals surface area contributed by atoms with Gasteiger partial charge in [0.1, 0.15) is 5.66 Å². The van der Waals surface area contributed by atoms with Gasteiger partial charge in [0.25, 0.3) is 0 Å². The predicted octanol–water partition coefficient (Wildman–Crippen LogP) is 1.35. The summed E-state index contributed by atoms with van der Waals surface area (Å²) in [5, 5.41) is 11.5. The molecule has 13 heavy (non-hydrogen) atoms. The predicted molar refractivity (Wildman–Crippen MR) is 53.6 cm³/mol. The number of rotatable bonds is 1. The molecule has 0 saturated heterocycles. The zero-order valence-electron chi connectivity index (χ0n) is 8.87. The number of hydrogen-bond acceptors (Lipinski definition) is 4. The molecule has 1 heterocycles. The second kappa shape index (κ2) is 2.80. The van der Waals surface area contributed by atoms with Crippen LogP contribution in [0.3, 0.4) is 0 Å². The first kappa shape index (κ1) is 10.2. The fourth-order valence-electron chi connectivity index (χ4n) is 1.60. The molecule has 0 aromatic carbocycles. The Bertz CT molecular complexity index is 266. The van der Waals surface area contributed by atoms with Crippen LogP contribution < -0.4 is 0 Å². The SMILES string of the molecule is CN1C(C)(C)N=C(/C=N/O)C1(C)C. The molecule has 0 fully saturated rings. The third-order valence-electron chi connectivity index (χ3n) is 2.86. The maximum absolute atomic E-state index is 8.49. The minimum Gasteiger partial charge on any atom is -0.411 e. The number of hydrogen-bond donors (Lipinski definition) is 1. The molecule has 0 bridgehead atoms. The number of oxime groups is 1. The molecule has 1 aliphatic rings. The van der Waals surface area contributed by atoms with Crippen LogP contribution in [0.4, 0.5) is 0 Å². The van der Waals surface area contributed by atoms with Crippen LogP contribution in [0.5, 0.6) is 0 Å². The van der Waals surface area contributed by atoms with Crippen molar-refractivity contribution in [2.45, 2.75) is 38.9 Å². The van der Waals surface area contributed by atoms with Crippen molar-refractivity contribution in [2.24, 2.45) is 10.1 Å². The van der Waals surface area contributed by atoms with Crippen LogP contribution in [0.15, 0.2) is 10.1 Å². The quantitative estimate of drug-likeness (QED) is 0.379. The van der Waals surface area contributed by atoms with E-state index < -0.39 is 0 Å². The minimum atomic E-state index is -0.222. The first-order valence-corrected chi connectivity index (χ1v) is 4.34. The Kier molecular flexibility index (Phi) is 2.20. The largest absolute Gasteiger partial charge is 0.411 e. The molecular weight excluding hydrogens is 166 g/mol. The van der Waals surface area contributed by atoms with Crippen LogP contribution in [-0.2, 0) is 0 Å². The van der Waals surface area contributed by atoms with Crippen molar-refractivity contribution >= 4 is 11.9 Å². The van der Waals surface area contributed by atoms with Gasteiger partial charge in [0, 0.05) is 0 Å². The summed E-state index contributed by atoms with van der Waals surface area (Å²) in [6.07, 6.45) is 1.41. The highest BCUT2D eigenvalue weighted by molar-refractivity contribution is 6.35. The normalized spacial score (nSPS) is 26.7. The molecule has 0 atom stereocenters. The smallest absolute Gasteiger partial charge is 0.108 e. The van der Waals surface area contributed by atoms with Crippen LogP contribution in [0.1, 0.15) is 27.7 Å². The Morgan fingerprint density at radius 3 is 2.23 bits per heavy atom. The van der Waals surface area contributed by atoms with E-state index in [1.807, 2.05) is 20.9 Å². The second-order valence-electron chi connectivity index (χ2n) is 4.35. The molecule has 0 aromatic rings. The average Bonchev–Trinajstić information content (AvgIpc) is 2.14. The number of aliphatic imine (C=N–C) groups is 1. The van der Waals surface area contributed by atoms with Crippen molar-refractivity contribution in [1.29, 1.82) is 0 Å². The molecule has 0 spiro atoms. The molecule has 4 heteroatoms. The van der Waals surface area contributed by atoms with Crippen LogP contribution in [0, 0.1) is 0 Å². The molecular formula is C9H17N3O. The van der Waals surface area contributed by atoms with E-state index in [2.05, 4.69) is 28.9 Å². The topological polar surface area (TPSA) is 48.2 Å². The van der Waals surface area contributed by atoms with Crippen LogP contribution in [0.2, 0.25) is 0 Å². The highest BCUT2D eigenvalue weighted by atomic mass is 16.4. The van der Waals surface area contributed by atoms with E-state index in [9.17, 15) is 0 Å². The first-order chi connectivity index (χ1) is 5.82. The Labute approximate surface area is 79.0 Å². The second-order valence-corrected chi connectivity index (χ2v) is 4.35. The van der Waals surface area contributed by atoms with Crippen molar-refractivity contribution in [3.63, 3.8) is 0 Å². The van der Waals surface area contributed by atoms with Crippen LogP contribution >= 0.6 is 0 Å². The van der Waals surface area contributed by atoms with E-state index in [-0.39, 0.29) is 11.2 Å². The molecule has 1 rings (SSSR count). The third kappa shape index (κ3) is 1.46. The van der Waals surface area contributed by atoms with Crippen molar-refractivity contribution in [2.75, 3.05) is 7.05 Å². The van der Waals surface area contributed by atoms with Crippen molar-refractivity contribution in [1.82, 2.24) is 4.90 Å². The summed E-state index contributed by atoms with van der Waals surface area (Å²) in [6.45, 7) is 8.18. The Morgan fingerprint density at radius 1 is 1.38 bits per heavy atom. The zero-order valence-corrected chi connectivity index (χ0v) is 8.87.